The fraction of sp³-hybridized carbons (Fsp3) is 0.235. The van der Waals surface area contributed by atoms with E-state index in [4.69, 9.17) is 5.26 Å². The highest BCUT2D eigenvalue weighted by Crippen LogP contribution is 2.32. The Balaban J connectivity index is 1.93. The smallest absolute Gasteiger partial charge is 0.140 e. The van der Waals surface area contributed by atoms with Crippen LogP contribution >= 0.6 is 0 Å². The van der Waals surface area contributed by atoms with Gasteiger partial charge in [-0.1, -0.05) is 18.2 Å². The van der Waals surface area contributed by atoms with Crippen LogP contribution in [0.1, 0.15) is 18.1 Å². The van der Waals surface area contributed by atoms with Gasteiger partial charge in [-0.15, -0.1) is 0 Å². The van der Waals surface area contributed by atoms with Gasteiger partial charge in [0.1, 0.15) is 11.9 Å². The summed E-state index contributed by atoms with van der Waals surface area (Å²) in [6, 6.07) is 15.1. The summed E-state index contributed by atoms with van der Waals surface area (Å²) in [6.07, 6.45) is 0. The molecule has 0 aliphatic carbocycles. The van der Waals surface area contributed by atoms with Crippen molar-refractivity contribution in [3.05, 3.63) is 59.4 Å². The number of nitriles is 1. The fourth-order valence-corrected chi connectivity index (χ4v) is 2.67. The van der Waals surface area contributed by atoms with Crippen LogP contribution < -0.4 is 10.2 Å². The molecule has 1 aliphatic rings. The van der Waals surface area contributed by atoms with Crippen LogP contribution in [0.5, 0.6) is 0 Å². The first-order chi connectivity index (χ1) is 10.2. The average molecular weight is 281 g/mol. The van der Waals surface area contributed by atoms with Crippen LogP contribution in [-0.4, -0.2) is 12.6 Å². The van der Waals surface area contributed by atoms with Gasteiger partial charge < -0.3 is 10.2 Å². The maximum atomic E-state index is 13.4. The molecule has 0 saturated heterocycles. The molecule has 0 spiro atoms. The van der Waals surface area contributed by atoms with E-state index in [0.29, 0.717) is 12.6 Å². The van der Waals surface area contributed by atoms with Crippen molar-refractivity contribution in [1.82, 2.24) is 0 Å². The molecule has 3 rings (SSSR count). The Hall–Kier alpha value is -2.54. The molecule has 0 radical (unpaired) electrons. The predicted octanol–water partition coefficient (Wildman–Crippen LogP) is 3.52. The predicted molar refractivity (Wildman–Crippen MR) is 81.7 cm³/mol. The van der Waals surface area contributed by atoms with Crippen molar-refractivity contribution in [3.63, 3.8) is 0 Å². The van der Waals surface area contributed by atoms with Gasteiger partial charge in [-0.05, 0) is 36.8 Å². The molecule has 0 amide bonds. The number of nitrogens with one attached hydrogen (secondary N) is 1. The third kappa shape index (κ3) is 2.55. The molecule has 0 aromatic heterocycles. The van der Waals surface area contributed by atoms with E-state index in [9.17, 15) is 4.39 Å². The van der Waals surface area contributed by atoms with Gasteiger partial charge in [-0.25, -0.2) is 4.39 Å². The monoisotopic (exact) mass is 281 g/mol. The summed E-state index contributed by atoms with van der Waals surface area (Å²) in [6.45, 7) is 3.68. The molecule has 3 nitrogen and oxygen atoms in total. The van der Waals surface area contributed by atoms with E-state index >= 15 is 0 Å². The summed E-state index contributed by atoms with van der Waals surface area (Å²) in [5.74, 6) is -0.463. The summed E-state index contributed by atoms with van der Waals surface area (Å²) in [7, 11) is 0. The molecule has 4 heteroatoms. The lowest BCUT2D eigenvalue weighted by Gasteiger charge is -2.37. The molecule has 21 heavy (non-hydrogen) atoms. The van der Waals surface area contributed by atoms with Crippen LogP contribution in [0.4, 0.5) is 15.8 Å². The van der Waals surface area contributed by atoms with Crippen LogP contribution in [0, 0.1) is 17.1 Å². The normalized spacial score (nSPS) is 16.8. The molecule has 0 fully saturated rings. The summed E-state index contributed by atoms with van der Waals surface area (Å²) in [4.78, 5) is 2.28. The van der Waals surface area contributed by atoms with Crippen molar-refractivity contribution in [3.8, 4) is 6.07 Å². The van der Waals surface area contributed by atoms with E-state index in [1.165, 1.54) is 6.07 Å². The summed E-state index contributed by atoms with van der Waals surface area (Å²) in [5.41, 5.74) is 3.29. The van der Waals surface area contributed by atoms with Gasteiger partial charge in [0.25, 0.3) is 0 Å². The quantitative estimate of drug-likeness (QED) is 0.915. The first-order valence-corrected chi connectivity index (χ1v) is 6.97. The van der Waals surface area contributed by atoms with Gasteiger partial charge in [0, 0.05) is 19.1 Å². The number of benzene rings is 2. The van der Waals surface area contributed by atoms with Crippen molar-refractivity contribution < 1.29 is 4.39 Å². The third-order valence-corrected chi connectivity index (χ3v) is 3.84. The third-order valence-electron chi connectivity index (χ3n) is 3.84. The highest BCUT2D eigenvalue weighted by atomic mass is 19.1. The van der Waals surface area contributed by atoms with E-state index in [1.807, 2.05) is 18.2 Å². The number of rotatable bonds is 2. The van der Waals surface area contributed by atoms with Crippen molar-refractivity contribution in [1.29, 1.82) is 5.26 Å². The minimum Gasteiger partial charge on any atom is -0.381 e. The lowest BCUT2D eigenvalue weighted by Crippen LogP contribution is -2.41. The zero-order valence-electron chi connectivity index (χ0n) is 11.8. The van der Waals surface area contributed by atoms with Crippen molar-refractivity contribution in [2.45, 2.75) is 19.5 Å². The first-order valence-electron chi connectivity index (χ1n) is 6.97. The number of nitrogens with zero attached hydrogens (tertiary/aromatic N) is 2. The number of fused-ring (bicyclic) bond motifs is 1. The molecule has 1 aliphatic heterocycles. The molecule has 0 saturated carbocycles. The molecule has 2 aromatic carbocycles. The number of halogens is 1. The lowest BCUT2D eigenvalue weighted by molar-refractivity contribution is 0.618. The van der Waals surface area contributed by atoms with Crippen LogP contribution in [0.2, 0.25) is 0 Å². The highest BCUT2D eigenvalue weighted by Gasteiger charge is 2.22. The van der Waals surface area contributed by atoms with Crippen LogP contribution in [0.3, 0.4) is 0 Å². The maximum absolute atomic E-state index is 13.4. The number of hydrogen-bond acceptors (Lipinski definition) is 3. The van der Waals surface area contributed by atoms with Crippen molar-refractivity contribution in [2.24, 2.45) is 0 Å². The summed E-state index contributed by atoms with van der Waals surface area (Å²) in [5, 5.41) is 12.4. The second-order valence-corrected chi connectivity index (χ2v) is 5.30. The van der Waals surface area contributed by atoms with Crippen LogP contribution in [-0.2, 0) is 6.54 Å². The molecule has 1 heterocycles. The van der Waals surface area contributed by atoms with E-state index in [2.05, 4.69) is 29.3 Å². The Morgan fingerprint density at radius 2 is 2.14 bits per heavy atom. The molecule has 1 unspecified atom stereocenters. The Bertz CT molecular complexity index is 705. The van der Waals surface area contributed by atoms with Crippen LogP contribution in [0.15, 0.2) is 42.5 Å². The van der Waals surface area contributed by atoms with Gasteiger partial charge in [-0.3, -0.25) is 0 Å². The molecular formula is C17H16FN3. The van der Waals surface area contributed by atoms with Gasteiger partial charge >= 0.3 is 0 Å². The number of para-hydroxylation sites is 2. The summed E-state index contributed by atoms with van der Waals surface area (Å²) < 4.78 is 13.4. The van der Waals surface area contributed by atoms with Crippen molar-refractivity contribution >= 4 is 11.4 Å². The summed E-state index contributed by atoms with van der Waals surface area (Å²) >= 11 is 0. The molecule has 1 atom stereocenters. The zero-order chi connectivity index (χ0) is 14.8. The second-order valence-electron chi connectivity index (χ2n) is 5.30. The van der Waals surface area contributed by atoms with Crippen LogP contribution in [0.25, 0.3) is 0 Å². The van der Waals surface area contributed by atoms with Gasteiger partial charge in [0.05, 0.1) is 16.9 Å². The second kappa shape index (κ2) is 5.45. The lowest BCUT2D eigenvalue weighted by atomic mass is 10.1. The fourth-order valence-electron chi connectivity index (χ4n) is 2.67. The topological polar surface area (TPSA) is 39.1 Å². The molecule has 106 valence electrons. The van der Waals surface area contributed by atoms with E-state index < -0.39 is 5.82 Å². The molecular weight excluding hydrogens is 265 g/mol. The zero-order valence-corrected chi connectivity index (χ0v) is 11.8. The molecule has 0 bridgehead atoms. The minimum absolute atomic E-state index is 0.101. The van der Waals surface area contributed by atoms with Gasteiger partial charge in [0.2, 0.25) is 0 Å². The first kappa shape index (κ1) is 13.4. The van der Waals surface area contributed by atoms with E-state index in [-0.39, 0.29) is 5.56 Å². The Morgan fingerprint density at radius 3 is 2.95 bits per heavy atom. The number of hydrogen-bond donors (Lipinski definition) is 1. The molecule has 2 aromatic rings. The van der Waals surface area contributed by atoms with E-state index in [1.54, 1.807) is 12.1 Å². The van der Waals surface area contributed by atoms with Gasteiger partial charge in [-0.2, -0.15) is 5.26 Å². The minimum atomic E-state index is -0.463. The van der Waals surface area contributed by atoms with E-state index in [0.717, 1.165) is 23.5 Å². The SMILES string of the molecule is CC1CNc2ccccc2N1Cc1ccc(F)c(C#N)c1. The highest BCUT2D eigenvalue weighted by molar-refractivity contribution is 5.72. The van der Waals surface area contributed by atoms with Gasteiger partial charge in [0.15, 0.2) is 0 Å². The standard InChI is InChI=1S/C17H16FN3/c1-12-10-20-16-4-2-3-5-17(16)21(12)11-13-6-7-15(18)14(8-13)9-19/h2-8,12,20H,10-11H2,1H3. The number of anilines is 2. The Kier molecular flexibility index (Phi) is 3.49. The largest absolute Gasteiger partial charge is 0.381 e. The average Bonchev–Trinajstić information content (AvgIpc) is 2.52. The molecule has 1 N–H and O–H groups in total. The Labute approximate surface area is 123 Å². The maximum Gasteiger partial charge on any atom is 0.140 e. The van der Waals surface area contributed by atoms with Crippen molar-refractivity contribution in [2.75, 3.05) is 16.8 Å². The Morgan fingerprint density at radius 1 is 1.33 bits per heavy atom.